The predicted octanol–water partition coefficient (Wildman–Crippen LogP) is 1.83. The Kier molecular flexibility index (Phi) is 1.81. The Morgan fingerprint density at radius 3 is 2.80 bits per heavy atom. The third kappa shape index (κ3) is 1.21. The Bertz CT molecular complexity index is 255. The van der Waals surface area contributed by atoms with Crippen LogP contribution in [0.25, 0.3) is 0 Å². The van der Waals surface area contributed by atoms with Crippen LogP contribution in [0, 0.1) is 11.9 Å². The Labute approximate surface area is 58.5 Å². The molecule has 0 bridgehead atoms. The lowest BCUT2D eigenvalue weighted by Crippen LogP contribution is -1.95. The smallest absolute Gasteiger partial charge is 0.162 e. The van der Waals surface area contributed by atoms with Crippen molar-refractivity contribution in [3.63, 3.8) is 0 Å². The van der Waals surface area contributed by atoms with Crippen molar-refractivity contribution in [1.82, 2.24) is 0 Å². The molecule has 0 amide bonds. The molecule has 1 radical (unpaired) electrons. The lowest BCUT2D eigenvalue weighted by Gasteiger charge is -1.93. The molecule has 0 unspecified atom stereocenters. The van der Waals surface area contributed by atoms with Crippen molar-refractivity contribution in [2.75, 3.05) is 0 Å². The molecule has 0 aliphatic rings. The van der Waals surface area contributed by atoms with Gasteiger partial charge in [-0.2, -0.15) is 0 Å². The molecule has 10 heavy (non-hydrogen) atoms. The highest BCUT2D eigenvalue weighted by Gasteiger charge is 2.03. The minimum atomic E-state index is -0.505. The Balaban J connectivity index is 3.15. The van der Waals surface area contributed by atoms with E-state index < -0.39 is 5.82 Å². The number of ketones is 1. The molecule has 2 heteroatoms. The van der Waals surface area contributed by atoms with Crippen LogP contribution in [0.15, 0.2) is 18.2 Å². The molecule has 1 rings (SSSR count). The quantitative estimate of drug-likeness (QED) is 0.539. The molecule has 0 saturated carbocycles. The van der Waals surface area contributed by atoms with Crippen molar-refractivity contribution in [3.8, 4) is 0 Å². The molecule has 0 aliphatic heterocycles. The molecule has 1 aromatic carbocycles. The minimum Gasteiger partial charge on any atom is -0.294 e. The van der Waals surface area contributed by atoms with Gasteiger partial charge in [-0.05, 0) is 25.1 Å². The molecule has 0 aliphatic carbocycles. The molecule has 0 aromatic heterocycles. The number of hydrogen-bond donors (Lipinski definition) is 0. The monoisotopic (exact) mass is 137 g/mol. The average Bonchev–Trinajstić information content (AvgIpc) is 1.88. The first-order valence-corrected chi connectivity index (χ1v) is 2.88. The summed E-state index contributed by atoms with van der Waals surface area (Å²) in [6.45, 7) is 1.33. The van der Waals surface area contributed by atoms with Crippen LogP contribution < -0.4 is 0 Å². The Morgan fingerprint density at radius 1 is 1.70 bits per heavy atom. The van der Waals surface area contributed by atoms with E-state index >= 15 is 0 Å². The summed E-state index contributed by atoms with van der Waals surface area (Å²) in [4.78, 5) is 10.6. The first-order chi connectivity index (χ1) is 4.72. The van der Waals surface area contributed by atoms with Gasteiger partial charge in [-0.1, -0.05) is 6.07 Å². The molecule has 0 heterocycles. The molecule has 0 saturated heterocycles. The van der Waals surface area contributed by atoms with E-state index in [0.717, 1.165) is 6.07 Å². The second kappa shape index (κ2) is 2.60. The molecular weight excluding hydrogens is 131 g/mol. The number of halogens is 1. The fourth-order valence-electron chi connectivity index (χ4n) is 0.696. The van der Waals surface area contributed by atoms with Crippen LogP contribution in [-0.4, -0.2) is 5.78 Å². The van der Waals surface area contributed by atoms with Crippen molar-refractivity contribution in [3.05, 3.63) is 35.6 Å². The summed E-state index contributed by atoms with van der Waals surface area (Å²) in [6, 6.07) is 6.61. The highest BCUT2D eigenvalue weighted by Crippen LogP contribution is 2.05. The normalized spacial score (nSPS) is 9.40. The van der Waals surface area contributed by atoms with Crippen LogP contribution in [0.4, 0.5) is 4.39 Å². The zero-order chi connectivity index (χ0) is 7.56. The third-order valence-electron chi connectivity index (χ3n) is 1.19. The molecule has 51 valence electrons. The van der Waals surface area contributed by atoms with E-state index in [4.69, 9.17) is 0 Å². The lowest BCUT2D eigenvalue weighted by atomic mass is 10.1. The lowest BCUT2D eigenvalue weighted by molar-refractivity contribution is 0.101. The van der Waals surface area contributed by atoms with Gasteiger partial charge in [0.15, 0.2) is 5.78 Å². The third-order valence-corrected chi connectivity index (χ3v) is 1.19. The van der Waals surface area contributed by atoms with Crippen LogP contribution in [0.3, 0.4) is 0 Å². The van der Waals surface area contributed by atoms with E-state index in [1.807, 2.05) is 0 Å². The highest BCUT2D eigenvalue weighted by molar-refractivity contribution is 5.94. The standard InChI is InChI=1S/C8H6FO/c1-6(10)7-4-2-3-5-8(7)9/h2,4-5H,1H3. The topological polar surface area (TPSA) is 17.1 Å². The van der Waals surface area contributed by atoms with Gasteiger partial charge >= 0.3 is 0 Å². The van der Waals surface area contributed by atoms with Gasteiger partial charge in [0.05, 0.1) is 5.56 Å². The summed E-state index contributed by atoms with van der Waals surface area (Å²) >= 11 is 0. The molecule has 1 nitrogen and oxygen atoms in total. The summed E-state index contributed by atoms with van der Waals surface area (Å²) in [6.07, 6.45) is 0. The van der Waals surface area contributed by atoms with E-state index in [-0.39, 0.29) is 11.3 Å². The first kappa shape index (κ1) is 6.93. The van der Waals surface area contributed by atoms with E-state index in [1.165, 1.54) is 19.1 Å². The van der Waals surface area contributed by atoms with Crippen LogP contribution in [0.5, 0.6) is 0 Å². The zero-order valence-corrected chi connectivity index (χ0v) is 5.52. The first-order valence-electron chi connectivity index (χ1n) is 2.88. The maximum atomic E-state index is 12.6. The largest absolute Gasteiger partial charge is 0.294 e. The Hall–Kier alpha value is -1.18. The van der Waals surface area contributed by atoms with E-state index in [9.17, 15) is 9.18 Å². The van der Waals surface area contributed by atoms with Gasteiger partial charge in [0.25, 0.3) is 0 Å². The molecule has 0 fully saturated rings. The van der Waals surface area contributed by atoms with Gasteiger partial charge in [0.1, 0.15) is 5.82 Å². The number of carbonyl (C=O) groups excluding carboxylic acids is 1. The maximum Gasteiger partial charge on any atom is 0.162 e. The van der Waals surface area contributed by atoms with Crippen molar-refractivity contribution in [2.24, 2.45) is 0 Å². The minimum absolute atomic E-state index is 0.124. The van der Waals surface area contributed by atoms with Gasteiger partial charge in [-0.25, -0.2) is 4.39 Å². The van der Waals surface area contributed by atoms with Crippen LogP contribution in [0.2, 0.25) is 0 Å². The zero-order valence-electron chi connectivity index (χ0n) is 5.52. The SMILES string of the molecule is CC(=O)c1cc[c]cc1F. The molecule has 0 atom stereocenters. The van der Waals surface area contributed by atoms with Gasteiger partial charge < -0.3 is 0 Å². The van der Waals surface area contributed by atoms with Gasteiger partial charge in [0.2, 0.25) is 0 Å². The van der Waals surface area contributed by atoms with E-state index in [0.29, 0.717) is 0 Å². The van der Waals surface area contributed by atoms with Gasteiger partial charge in [-0.15, -0.1) is 0 Å². The number of Topliss-reactive ketones (excluding diaryl/α,β-unsaturated/α-hetero) is 1. The molecule has 0 N–H and O–H groups in total. The second-order valence-electron chi connectivity index (χ2n) is 1.96. The Morgan fingerprint density at radius 2 is 2.40 bits per heavy atom. The number of benzene rings is 1. The number of hydrogen-bond acceptors (Lipinski definition) is 1. The number of carbonyl (C=O) groups is 1. The van der Waals surface area contributed by atoms with E-state index in [2.05, 4.69) is 6.07 Å². The fourth-order valence-corrected chi connectivity index (χ4v) is 0.696. The van der Waals surface area contributed by atoms with Crippen molar-refractivity contribution >= 4 is 5.78 Å². The summed E-state index contributed by atoms with van der Waals surface area (Å²) in [7, 11) is 0. The van der Waals surface area contributed by atoms with Crippen LogP contribution in [0.1, 0.15) is 17.3 Å². The molecular formula is C8H6FO. The highest BCUT2D eigenvalue weighted by atomic mass is 19.1. The van der Waals surface area contributed by atoms with Crippen LogP contribution in [-0.2, 0) is 0 Å². The summed E-state index contributed by atoms with van der Waals surface area (Å²) in [5.41, 5.74) is 0.124. The molecule has 1 aromatic rings. The summed E-state index contributed by atoms with van der Waals surface area (Å²) < 4.78 is 12.6. The summed E-state index contributed by atoms with van der Waals surface area (Å²) in [5, 5.41) is 0. The maximum absolute atomic E-state index is 12.6. The summed E-state index contributed by atoms with van der Waals surface area (Å²) in [5.74, 6) is -0.762. The van der Waals surface area contributed by atoms with Gasteiger partial charge in [-0.3, -0.25) is 4.79 Å². The second-order valence-corrected chi connectivity index (χ2v) is 1.96. The van der Waals surface area contributed by atoms with E-state index in [1.54, 1.807) is 0 Å². The molecule has 0 spiro atoms. The predicted molar refractivity (Wildman–Crippen MR) is 35.2 cm³/mol. The van der Waals surface area contributed by atoms with Crippen molar-refractivity contribution < 1.29 is 9.18 Å². The average molecular weight is 137 g/mol. The number of rotatable bonds is 1. The van der Waals surface area contributed by atoms with Crippen molar-refractivity contribution in [1.29, 1.82) is 0 Å². The van der Waals surface area contributed by atoms with Crippen molar-refractivity contribution in [2.45, 2.75) is 6.92 Å². The van der Waals surface area contributed by atoms with Gasteiger partial charge in [0, 0.05) is 0 Å². The fraction of sp³-hybridized carbons (Fsp3) is 0.125. The van der Waals surface area contributed by atoms with Crippen LogP contribution >= 0.6 is 0 Å².